The summed E-state index contributed by atoms with van der Waals surface area (Å²) in [5, 5.41) is 11.0. The lowest BCUT2D eigenvalue weighted by Gasteiger charge is -2.40. The van der Waals surface area contributed by atoms with E-state index in [0.717, 1.165) is 62.9 Å². The molecule has 4 unspecified atom stereocenters. The van der Waals surface area contributed by atoms with Gasteiger partial charge in [0, 0.05) is 34.7 Å². The molecule has 0 radical (unpaired) electrons. The van der Waals surface area contributed by atoms with Crippen molar-refractivity contribution in [2.45, 2.75) is 37.8 Å². The van der Waals surface area contributed by atoms with E-state index < -0.39 is 17.4 Å². The number of imide groups is 1. The molecule has 320 valence electrons. The van der Waals surface area contributed by atoms with E-state index in [0.29, 0.717) is 36.3 Å². The third-order valence-electron chi connectivity index (χ3n) is 12.1. The van der Waals surface area contributed by atoms with Crippen LogP contribution in [0, 0.1) is 5.92 Å². The third-order valence-corrected chi connectivity index (χ3v) is 12.7. The average molecular weight is 862 g/mol. The Labute approximate surface area is 371 Å². The minimum atomic E-state index is -0.497. The number of hydrogen-bond acceptors (Lipinski definition) is 10. The van der Waals surface area contributed by atoms with E-state index in [9.17, 15) is 14.4 Å². The van der Waals surface area contributed by atoms with Gasteiger partial charge in [0.1, 0.15) is 23.9 Å². The summed E-state index contributed by atoms with van der Waals surface area (Å²) in [6.45, 7) is 10.9. The van der Waals surface area contributed by atoms with Crippen molar-refractivity contribution in [3.8, 4) is 28.5 Å². The zero-order valence-corrected chi connectivity index (χ0v) is 36.4. The number of ether oxygens (including phenoxy) is 2. The van der Waals surface area contributed by atoms with Crippen molar-refractivity contribution >= 4 is 39.7 Å². The highest BCUT2D eigenvalue weighted by Gasteiger charge is 2.75. The van der Waals surface area contributed by atoms with E-state index in [2.05, 4.69) is 24.3 Å². The normalized spacial score (nSPS) is 22.2. The molecule has 4 atom stereocenters. The van der Waals surface area contributed by atoms with Crippen LogP contribution in [0.25, 0.3) is 22.2 Å². The predicted molar refractivity (Wildman–Crippen MR) is 245 cm³/mol. The molecule has 0 N–H and O–H groups in total. The van der Waals surface area contributed by atoms with Gasteiger partial charge in [-0.1, -0.05) is 78.6 Å². The first-order valence-corrected chi connectivity index (χ1v) is 22.1. The summed E-state index contributed by atoms with van der Waals surface area (Å²) in [4.78, 5) is 52.1. The number of nitrogens with zero attached hydrogens (tertiary/aromatic N) is 6. The molecule has 5 aromatic rings. The number of para-hydroxylation sites is 1. The molecular formula is C50H49N6O6S+. The summed E-state index contributed by atoms with van der Waals surface area (Å²) < 4.78 is 11.9. The predicted octanol–water partition coefficient (Wildman–Crippen LogP) is 10.8. The molecule has 2 fully saturated rings. The van der Waals surface area contributed by atoms with Gasteiger partial charge >= 0.3 is 0 Å². The van der Waals surface area contributed by atoms with Gasteiger partial charge in [-0.25, -0.2) is 4.98 Å². The van der Waals surface area contributed by atoms with Crippen LogP contribution in [0.4, 0.5) is 4.79 Å². The SMILES string of the molecule is C=C/C=C\C.C=CC1(C2CCN(C(=O)SC)C(Cc3cc(-c4ccc(Oc5ccccc5)cc4)nc4ccc(OC)cc34)C2)C[N+]12C=C(CON1C(=O)c3ccccc3C1=O)N=N2. The number of thioether (sulfide) groups is 1. The minimum absolute atomic E-state index is 0.0364. The average Bonchev–Trinajstić information content (AvgIpc) is 3.66. The molecule has 13 heteroatoms. The number of carbonyl (C=O) groups is 3. The van der Waals surface area contributed by atoms with Gasteiger partial charge in [-0.15, -0.1) is 9.66 Å². The second kappa shape index (κ2) is 18.4. The molecule has 0 bridgehead atoms. The van der Waals surface area contributed by atoms with Crippen LogP contribution in [-0.4, -0.2) is 81.2 Å². The number of hydroxylamine groups is 2. The Morgan fingerprint density at radius 2 is 1.63 bits per heavy atom. The first-order chi connectivity index (χ1) is 30.7. The van der Waals surface area contributed by atoms with Gasteiger partial charge < -0.3 is 14.4 Å². The number of aromatic nitrogens is 1. The number of piperidine rings is 1. The quantitative estimate of drug-likeness (QED) is 0.0399. The molecule has 0 aliphatic carbocycles. The maximum Gasteiger partial charge on any atom is 0.285 e. The van der Waals surface area contributed by atoms with Gasteiger partial charge in [0.05, 0.1) is 29.4 Å². The van der Waals surface area contributed by atoms with Crippen LogP contribution in [0.5, 0.6) is 17.2 Å². The third kappa shape index (κ3) is 8.47. The number of amides is 3. The highest BCUT2D eigenvalue weighted by molar-refractivity contribution is 8.12. The van der Waals surface area contributed by atoms with Crippen molar-refractivity contribution in [3.63, 3.8) is 0 Å². The molecule has 12 nitrogen and oxygen atoms in total. The van der Waals surface area contributed by atoms with Gasteiger partial charge in [0.15, 0.2) is 18.4 Å². The Kier molecular flexibility index (Phi) is 12.5. The molecule has 9 rings (SSSR count). The number of likely N-dealkylation sites (tertiary alicyclic amines) is 1. The monoisotopic (exact) mass is 861 g/mol. The van der Waals surface area contributed by atoms with E-state index in [1.165, 1.54) is 11.8 Å². The summed E-state index contributed by atoms with van der Waals surface area (Å²) in [5.74, 6) is 1.36. The van der Waals surface area contributed by atoms with Gasteiger partial charge in [-0.05, 0) is 117 Å². The summed E-state index contributed by atoms with van der Waals surface area (Å²) in [6.07, 6.45) is 13.4. The maximum atomic E-state index is 13.5. The highest BCUT2D eigenvalue weighted by atomic mass is 32.2. The summed E-state index contributed by atoms with van der Waals surface area (Å²) in [5.41, 5.74) is 4.38. The Bertz CT molecular complexity index is 2630. The second-order valence-electron chi connectivity index (χ2n) is 15.7. The summed E-state index contributed by atoms with van der Waals surface area (Å²) in [6, 6.07) is 32.2. The second-order valence-corrected chi connectivity index (χ2v) is 16.5. The molecule has 4 aromatic carbocycles. The van der Waals surface area contributed by atoms with Crippen molar-refractivity contribution in [1.29, 1.82) is 0 Å². The van der Waals surface area contributed by atoms with E-state index in [1.54, 1.807) is 37.5 Å². The number of methoxy groups -OCH3 is 1. The topological polar surface area (TPSA) is 123 Å². The molecule has 1 aromatic heterocycles. The van der Waals surface area contributed by atoms with Crippen LogP contribution in [0.1, 0.15) is 46.0 Å². The fourth-order valence-electron chi connectivity index (χ4n) is 8.87. The zero-order chi connectivity index (χ0) is 44.1. The smallest absolute Gasteiger partial charge is 0.285 e. The number of rotatable bonds is 12. The van der Waals surface area contributed by atoms with Gasteiger partial charge in [0.25, 0.3) is 17.1 Å². The Morgan fingerprint density at radius 1 is 0.937 bits per heavy atom. The Morgan fingerprint density at radius 3 is 2.29 bits per heavy atom. The number of fused-ring (bicyclic) bond motifs is 2. The van der Waals surface area contributed by atoms with Crippen molar-refractivity contribution in [3.05, 3.63) is 169 Å². The fraction of sp³-hybridized carbons (Fsp3) is 0.240. The van der Waals surface area contributed by atoms with Crippen LogP contribution >= 0.6 is 11.8 Å². The number of pyridine rings is 1. The van der Waals surface area contributed by atoms with Crippen LogP contribution in [0.3, 0.4) is 0 Å². The van der Waals surface area contributed by atoms with E-state index in [1.807, 2.05) is 115 Å². The van der Waals surface area contributed by atoms with Crippen LogP contribution < -0.4 is 9.47 Å². The molecular weight excluding hydrogens is 813 g/mol. The van der Waals surface area contributed by atoms with E-state index in [-0.39, 0.29) is 28.4 Å². The fourth-order valence-corrected chi connectivity index (χ4v) is 9.34. The van der Waals surface area contributed by atoms with Gasteiger partial charge in [-0.3, -0.25) is 19.2 Å². The lowest BCUT2D eigenvalue weighted by molar-refractivity contribution is -0.782. The van der Waals surface area contributed by atoms with Crippen LogP contribution in [0.2, 0.25) is 0 Å². The first-order valence-electron chi connectivity index (χ1n) is 20.8. The Balaban J connectivity index is 0.00000103. The van der Waals surface area contributed by atoms with Crippen molar-refractivity contribution in [2.75, 3.05) is 33.1 Å². The first kappa shape index (κ1) is 43.0. The maximum absolute atomic E-state index is 13.5. The lowest BCUT2D eigenvalue weighted by Crippen LogP contribution is -2.49. The largest absolute Gasteiger partial charge is 0.497 e. The molecule has 0 saturated carbocycles. The molecule has 4 aliphatic rings. The minimum Gasteiger partial charge on any atom is -0.497 e. The van der Waals surface area contributed by atoms with Crippen molar-refractivity contribution in [1.82, 2.24) is 14.9 Å². The summed E-state index contributed by atoms with van der Waals surface area (Å²) in [7, 11) is 1.65. The summed E-state index contributed by atoms with van der Waals surface area (Å²) >= 11 is 1.23. The Hall–Kier alpha value is -6.67. The molecule has 5 heterocycles. The molecule has 2 saturated heterocycles. The zero-order valence-electron chi connectivity index (χ0n) is 35.6. The number of benzene rings is 4. The van der Waals surface area contributed by atoms with E-state index in [4.69, 9.17) is 24.5 Å². The number of hydrogen-bond donors (Lipinski definition) is 0. The molecule has 4 aliphatic heterocycles. The van der Waals surface area contributed by atoms with Crippen LogP contribution in [0.15, 0.2) is 163 Å². The van der Waals surface area contributed by atoms with Gasteiger partial charge in [-0.2, -0.15) is 0 Å². The number of carbonyl (C=O) groups excluding carboxylic acids is 3. The highest BCUT2D eigenvalue weighted by Crippen LogP contribution is 2.56. The molecule has 1 spiro atoms. The number of allylic oxidation sites excluding steroid dienone is 3. The van der Waals surface area contributed by atoms with E-state index >= 15 is 0 Å². The van der Waals surface area contributed by atoms with Crippen molar-refractivity contribution in [2.24, 2.45) is 16.3 Å². The number of quaternary nitrogens is 1. The van der Waals surface area contributed by atoms with Crippen molar-refractivity contribution < 1.29 is 33.3 Å². The molecule has 3 amide bonds. The standard InChI is InChI=1S/C45H41N6O6S.C5H8/c1-4-45(28-51(45)26-32(47-48-51)27-56-50-42(52)37-12-8-9-13-38(37)43(50)53)31-20-21-49(44(54)58-3)33(24-31)22-30-23-41(46-40-19-18-36(55-2)25-39(30)40)29-14-16-35(17-15-29)57-34-10-6-5-7-11-34;1-3-5-4-2/h4-19,23,25-26,31,33H,1,20-22,24,27-28H2,2-3H3;3-5H,1H2,2H3/q+1;/b;5-4-. The van der Waals surface area contributed by atoms with Crippen LogP contribution in [-0.2, 0) is 11.3 Å². The lowest BCUT2D eigenvalue weighted by atomic mass is 9.78. The molecule has 63 heavy (non-hydrogen) atoms. The van der Waals surface area contributed by atoms with Gasteiger partial charge in [0.2, 0.25) is 5.54 Å².